The molecule has 0 aliphatic carbocycles. The van der Waals surface area contributed by atoms with Crippen molar-refractivity contribution in [2.45, 2.75) is 0 Å². The number of hydrogen-bond acceptors (Lipinski definition) is 1. The van der Waals surface area contributed by atoms with Crippen molar-refractivity contribution in [1.82, 2.24) is 4.98 Å². The van der Waals surface area contributed by atoms with Crippen LogP contribution in [0.2, 0.25) is 15.2 Å². The van der Waals surface area contributed by atoms with Gasteiger partial charge in [0.05, 0.1) is 15.7 Å². The van der Waals surface area contributed by atoms with Gasteiger partial charge in [-0.2, -0.15) is 0 Å². The maximum absolute atomic E-state index is 13.5. The number of nitrogens with zero attached hydrogens (tertiary/aromatic N) is 1. The third kappa shape index (κ3) is 2.14. The van der Waals surface area contributed by atoms with E-state index >= 15 is 0 Å². The fourth-order valence-electron chi connectivity index (χ4n) is 1.29. The predicted molar refractivity (Wildman–Crippen MR) is 64.7 cm³/mol. The molecule has 0 atom stereocenters. The van der Waals surface area contributed by atoms with Gasteiger partial charge in [0.15, 0.2) is 0 Å². The van der Waals surface area contributed by atoms with Crippen molar-refractivity contribution < 1.29 is 4.39 Å². The van der Waals surface area contributed by atoms with E-state index in [0.29, 0.717) is 5.56 Å². The summed E-state index contributed by atoms with van der Waals surface area (Å²) in [6, 6.07) is 7.63. The molecule has 2 rings (SSSR count). The van der Waals surface area contributed by atoms with Crippen LogP contribution in [0, 0.1) is 5.82 Å². The molecule has 0 amide bonds. The Morgan fingerprint density at radius 3 is 2.38 bits per heavy atom. The van der Waals surface area contributed by atoms with Crippen LogP contribution in [0.1, 0.15) is 0 Å². The lowest BCUT2D eigenvalue weighted by atomic mass is 10.1. The van der Waals surface area contributed by atoms with E-state index in [-0.39, 0.29) is 20.9 Å². The van der Waals surface area contributed by atoms with Crippen molar-refractivity contribution in [2.75, 3.05) is 0 Å². The Bertz CT molecular complexity index is 543. The van der Waals surface area contributed by atoms with E-state index < -0.39 is 5.82 Å². The highest BCUT2D eigenvalue weighted by Crippen LogP contribution is 2.33. The molecule has 0 N–H and O–H groups in total. The number of rotatable bonds is 1. The Morgan fingerprint density at radius 2 is 1.69 bits per heavy atom. The van der Waals surface area contributed by atoms with Crippen molar-refractivity contribution in [2.24, 2.45) is 0 Å². The van der Waals surface area contributed by atoms with E-state index in [4.69, 9.17) is 34.8 Å². The van der Waals surface area contributed by atoms with E-state index in [2.05, 4.69) is 4.98 Å². The average Bonchev–Trinajstić information content (AvgIpc) is 2.25. The molecule has 0 spiro atoms. The summed E-state index contributed by atoms with van der Waals surface area (Å²) in [6.45, 7) is 0. The summed E-state index contributed by atoms with van der Waals surface area (Å²) in [4.78, 5) is 3.96. The minimum absolute atomic E-state index is 0.101. The van der Waals surface area contributed by atoms with Gasteiger partial charge >= 0.3 is 0 Å². The standard InChI is InChI=1S/C11H5Cl3FN/c12-7-5-8(13)11(14)16-10(7)6-3-1-2-4-9(6)15/h1-5H. The number of pyridine rings is 1. The van der Waals surface area contributed by atoms with Crippen LogP contribution in [0.3, 0.4) is 0 Å². The summed E-state index contributed by atoms with van der Waals surface area (Å²) in [7, 11) is 0. The summed E-state index contributed by atoms with van der Waals surface area (Å²) < 4.78 is 13.5. The van der Waals surface area contributed by atoms with Crippen LogP contribution < -0.4 is 0 Å². The first kappa shape index (κ1) is 11.6. The molecule has 0 saturated heterocycles. The Labute approximate surface area is 107 Å². The molecule has 5 heteroatoms. The van der Waals surface area contributed by atoms with Gasteiger partial charge in [0, 0.05) is 5.56 Å². The second-order valence-corrected chi connectivity index (χ2v) is 4.24. The number of hydrogen-bond donors (Lipinski definition) is 0. The van der Waals surface area contributed by atoms with Gasteiger partial charge in [0.2, 0.25) is 0 Å². The van der Waals surface area contributed by atoms with Crippen molar-refractivity contribution in [3.63, 3.8) is 0 Å². The van der Waals surface area contributed by atoms with Crippen LogP contribution in [0.25, 0.3) is 11.3 Å². The van der Waals surface area contributed by atoms with E-state index in [1.165, 1.54) is 12.1 Å². The normalized spacial score (nSPS) is 10.5. The zero-order valence-electron chi connectivity index (χ0n) is 7.85. The van der Waals surface area contributed by atoms with Gasteiger partial charge in [-0.1, -0.05) is 46.9 Å². The van der Waals surface area contributed by atoms with Crippen LogP contribution >= 0.6 is 34.8 Å². The molecule has 0 aliphatic rings. The first-order chi connectivity index (χ1) is 7.59. The molecule has 1 nitrogen and oxygen atoms in total. The molecule has 0 radical (unpaired) electrons. The van der Waals surface area contributed by atoms with Crippen LogP contribution in [0.4, 0.5) is 4.39 Å². The topological polar surface area (TPSA) is 12.9 Å². The predicted octanol–water partition coefficient (Wildman–Crippen LogP) is 4.85. The SMILES string of the molecule is Fc1ccccc1-c1nc(Cl)c(Cl)cc1Cl. The van der Waals surface area contributed by atoms with Crippen molar-refractivity contribution in [1.29, 1.82) is 0 Å². The number of aromatic nitrogens is 1. The van der Waals surface area contributed by atoms with E-state index in [1.807, 2.05) is 0 Å². The monoisotopic (exact) mass is 275 g/mol. The second kappa shape index (κ2) is 4.58. The first-order valence-corrected chi connectivity index (χ1v) is 5.49. The smallest absolute Gasteiger partial charge is 0.148 e. The summed E-state index contributed by atoms with van der Waals surface area (Å²) in [5.41, 5.74) is 0.584. The lowest BCUT2D eigenvalue weighted by Crippen LogP contribution is -1.90. The highest BCUT2D eigenvalue weighted by molar-refractivity contribution is 6.42. The summed E-state index contributed by atoms with van der Waals surface area (Å²) in [5.74, 6) is -0.407. The minimum Gasteiger partial charge on any atom is -0.233 e. The van der Waals surface area contributed by atoms with E-state index in [9.17, 15) is 4.39 Å². The van der Waals surface area contributed by atoms with Crippen LogP contribution in [-0.2, 0) is 0 Å². The minimum atomic E-state index is -0.407. The molecule has 1 aromatic carbocycles. The van der Waals surface area contributed by atoms with Crippen molar-refractivity contribution in [3.05, 3.63) is 51.3 Å². The third-order valence-electron chi connectivity index (χ3n) is 2.02. The fourth-order valence-corrected chi connectivity index (χ4v) is 1.89. The zero-order valence-corrected chi connectivity index (χ0v) is 10.1. The van der Waals surface area contributed by atoms with E-state index in [0.717, 1.165) is 0 Å². The molecular weight excluding hydrogens is 271 g/mol. The van der Waals surface area contributed by atoms with Gasteiger partial charge in [-0.25, -0.2) is 9.37 Å². The van der Waals surface area contributed by atoms with Gasteiger partial charge < -0.3 is 0 Å². The fraction of sp³-hybridized carbons (Fsp3) is 0. The molecule has 0 unspecified atom stereocenters. The first-order valence-electron chi connectivity index (χ1n) is 4.36. The maximum Gasteiger partial charge on any atom is 0.148 e. The summed E-state index contributed by atoms with van der Waals surface area (Å²) >= 11 is 17.4. The zero-order chi connectivity index (χ0) is 11.7. The largest absolute Gasteiger partial charge is 0.233 e. The molecule has 82 valence electrons. The Morgan fingerprint density at radius 1 is 1.00 bits per heavy atom. The van der Waals surface area contributed by atoms with Gasteiger partial charge in [-0.15, -0.1) is 0 Å². The quantitative estimate of drug-likeness (QED) is 0.679. The lowest BCUT2D eigenvalue weighted by molar-refractivity contribution is 0.631. The van der Waals surface area contributed by atoms with Crippen molar-refractivity contribution in [3.8, 4) is 11.3 Å². The van der Waals surface area contributed by atoms with Crippen LogP contribution in [0.5, 0.6) is 0 Å². The average molecular weight is 277 g/mol. The number of halogens is 4. The second-order valence-electron chi connectivity index (χ2n) is 3.07. The Hall–Kier alpha value is -0.830. The lowest BCUT2D eigenvalue weighted by Gasteiger charge is -2.06. The van der Waals surface area contributed by atoms with E-state index in [1.54, 1.807) is 18.2 Å². The Balaban J connectivity index is 2.65. The molecule has 1 heterocycles. The summed E-state index contributed by atoms with van der Waals surface area (Å²) in [6.07, 6.45) is 0. The Kier molecular flexibility index (Phi) is 3.33. The van der Waals surface area contributed by atoms with Gasteiger partial charge in [0.1, 0.15) is 11.0 Å². The molecule has 0 saturated carbocycles. The van der Waals surface area contributed by atoms with Crippen molar-refractivity contribution >= 4 is 34.8 Å². The molecule has 0 aliphatic heterocycles. The highest BCUT2D eigenvalue weighted by Gasteiger charge is 2.12. The summed E-state index contributed by atoms with van der Waals surface area (Å²) in [5, 5.41) is 0.607. The molecule has 0 fully saturated rings. The van der Waals surface area contributed by atoms with Gasteiger partial charge in [-0.3, -0.25) is 0 Å². The molecule has 2 aromatic rings. The third-order valence-corrected chi connectivity index (χ3v) is 2.98. The highest BCUT2D eigenvalue weighted by atomic mass is 35.5. The molecule has 0 bridgehead atoms. The van der Waals surface area contributed by atoms with Gasteiger partial charge in [-0.05, 0) is 18.2 Å². The molecule has 16 heavy (non-hydrogen) atoms. The maximum atomic E-state index is 13.5. The molecular formula is C11H5Cl3FN. The molecule has 1 aromatic heterocycles. The van der Waals surface area contributed by atoms with Gasteiger partial charge in [0.25, 0.3) is 0 Å². The number of benzene rings is 1. The van der Waals surface area contributed by atoms with Crippen LogP contribution in [0.15, 0.2) is 30.3 Å². The van der Waals surface area contributed by atoms with Crippen LogP contribution in [-0.4, -0.2) is 4.98 Å².